The summed E-state index contributed by atoms with van der Waals surface area (Å²) in [6.45, 7) is 9.85. The van der Waals surface area contributed by atoms with Gasteiger partial charge in [0.1, 0.15) is 5.76 Å². The maximum atomic E-state index is 5.38. The van der Waals surface area contributed by atoms with Gasteiger partial charge in [-0.15, -0.1) is 0 Å². The van der Waals surface area contributed by atoms with Crippen molar-refractivity contribution in [1.29, 1.82) is 0 Å². The lowest BCUT2D eigenvalue weighted by atomic mass is 10.0. The van der Waals surface area contributed by atoms with Crippen LogP contribution in [0.5, 0.6) is 0 Å². The van der Waals surface area contributed by atoms with Gasteiger partial charge in [0, 0.05) is 6.04 Å². The lowest BCUT2D eigenvalue weighted by Gasteiger charge is -2.29. The van der Waals surface area contributed by atoms with E-state index in [1.165, 1.54) is 6.42 Å². The van der Waals surface area contributed by atoms with Crippen molar-refractivity contribution >= 4 is 0 Å². The van der Waals surface area contributed by atoms with Gasteiger partial charge in [-0.2, -0.15) is 0 Å². The van der Waals surface area contributed by atoms with Crippen LogP contribution in [0.4, 0.5) is 0 Å². The fraction of sp³-hybridized carbons (Fsp3) is 0.714. The van der Waals surface area contributed by atoms with Crippen LogP contribution in [0.2, 0.25) is 0 Å². The topological polar surface area (TPSA) is 28.4 Å². The molecule has 1 aromatic heterocycles. The number of nitrogens with one attached hydrogen (secondary N) is 1. The highest BCUT2D eigenvalue weighted by Gasteiger charge is 2.17. The van der Waals surface area contributed by atoms with E-state index in [1.807, 2.05) is 12.1 Å². The average Bonchev–Trinajstić information content (AvgIpc) is 2.81. The molecule has 3 nitrogen and oxygen atoms in total. The third-order valence-electron chi connectivity index (χ3n) is 3.40. The third kappa shape index (κ3) is 4.92. The monoisotopic (exact) mass is 238 g/mol. The van der Waals surface area contributed by atoms with Crippen molar-refractivity contribution in [2.45, 2.75) is 39.8 Å². The number of rotatable bonds is 8. The molecule has 98 valence electrons. The second-order valence-corrected chi connectivity index (χ2v) is 4.92. The minimum atomic E-state index is 0.546. The van der Waals surface area contributed by atoms with Gasteiger partial charge >= 0.3 is 0 Å². The standard InChI is InChI=1S/C14H26N2O/c1-5-8-15-10-12(2)13(3)16(4)11-14-7-6-9-17-14/h6-7,9,12-13,15H,5,8,10-11H2,1-4H3. The van der Waals surface area contributed by atoms with Crippen molar-refractivity contribution in [3.63, 3.8) is 0 Å². The fourth-order valence-corrected chi connectivity index (χ4v) is 1.90. The van der Waals surface area contributed by atoms with E-state index < -0.39 is 0 Å². The van der Waals surface area contributed by atoms with Gasteiger partial charge in [-0.25, -0.2) is 0 Å². The Morgan fingerprint density at radius 1 is 1.41 bits per heavy atom. The molecule has 1 aromatic rings. The van der Waals surface area contributed by atoms with Crippen LogP contribution < -0.4 is 5.32 Å². The summed E-state index contributed by atoms with van der Waals surface area (Å²) in [5.74, 6) is 1.68. The van der Waals surface area contributed by atoms with Crippen LogP contribution in [0.1, 0.15) is 33.0 Å². The second-order valence-electron chi connectivity index (χ2n) is 4.92. The van der Waals surface area contributed by atoms with Gasteiger partial charge in [0.05, 0.1) is 12.8 Å². The second kappa shape index (κ2) is 7.51. The van der Waals surface area contributed by atoms with Crippen molar-refractivity contribution in [2.24, 2.45) is 5.92 Å². The van der Waals surface area contributed by atoms with Crippen LogP contribution in [0.3, 0.4) is 0 Å². The molecule has 2 atom stereocenters. The van der Waals surface area contributed by atoms with Gasteiger partial charge in [0.25, 0.3) is 0 Å². The molecule has 0 radical (unpaired) electrons. The third-order valence-corrected chi connectivity index (χ3v) is 3.40. The molecular weight excluding hydrogens is 212 g/mol. The van der Waals surface area contributed by atoms with Crippen LogP contribution in [-0.2, 0) is 6.54 Å². The lowest BCUT2D eigenvalue weighted by molar-refractivity contribution is 0.177. The molecule has 0 saturated heterocycles. The van der Waals surface area contributed by atoms with Crippen molar-refractivity contribution in [1.82, 2.24) is 10.2 Å². The minimum Gasteiger partial charge on any atom is -0.468 e. The van der Waals surface area contributed by atoms with Crippen LogP contribution in [0.25, 0.3) is 0 Å². The molecule has 0 spiro atoms. The van der Waals surface area contributed by atoms with E-state index in [9.17, 15) is 0 Å². The Kier molecular flexibility index (Phi) is 6.30. The van der Waals surface area contributed by atoms with Crippen LogP contribution >= 0.6 is 0 Å². The summed E-state index contributed by atoms with van der Waals surface area (Å²) in [4.78, 5) is 2.34. The molecule has 0 saturated carbocycles. The maximum Gasteiger partial charge on any atom is 0.117 e. The highest BCUT2D eigenvalue weighted by Crippen LogP contribution is 2.12. The van der Waals surface area contributed by atoms with Crippen LogP contribution in [-0.4, -0.2) is 31.1 Å². The number of hydrogen-bond donors (Lipinski definition) is 1. The SMILES string of the molecule is CCCNCC(C)C(C)N(C)Cc1ccco1. The van der Waals surface area contributed by atoms with E-state index in [4.69, 9.17) is 4.42 Å². The zero-order valence-corrected chi connectivity index (χ0v) is 11.6. The number of furan rings is 1. The van der Waals surface area contributed by atoms with Crippen LogP contribution in [0, 0.1) is 5.92 Å². The Morgan fingerprint density at radius 2 is 2.18 bits per heavy atom. The molecule has 0 fully saturated rings. The normalized spacial score (nSPS) is 15.1. The summed E-state index contributed by atoms with van der Waals surface area (Å²) in [6.07, 6.45) is 2.93. The van der Waals surface area contributed by atoms with Gasteiger partial charge in [-0.3, -0.25) is 4.90 Å². The molecule has 1 N–H and O–H groups in total. The first kappa shape index (κ1) is 14.3. The molecule has 2 unspecified atom stereocenters. The lowest BCUT2D eigenvalue weighted by Crippen LogP contribution is -2.38. The van der Waals surface area contributed by atoms with E-state index in [-0.39, 0.29) is 0 Å². The van der Waals surface area contributed by atoms with Gasteiger partial charge in [-0.05, 0) is 51.5 Å². The van der Waals surface area contributed by atoms with E-state index in [2.05, 4.69) is 38.0 Å². The zero-order valence-electron chi connectivity index (χ0n) is 11.6. The summed E-state index contributed by atoms with van der Waals surface area (Å²) in [7, 11) is 2.16. The quantitative estimate of drug-likeness (QED) is 0.706. The molecular formula is C14H26N2O. The highest BCUT2D eigenvalue weighted by atomic mass is 16.3. The summed E-state index contributed by atoms with van der Waals surface area (Å²) in [5.41, 5.74) is 0. The van der Waals surface area contributed by atoms with Crippen LogP contribution in [0.15, 0.2) is 22.8 Å². The van der Waals surface area contributed by atoms with E-state index in [0.29, 0.717) is 12.0 Å². The largest absolute Gasteiger partial charge is 0.468 e. The molecule has 17 heavy (non-hydrogen) atoms. The Bertz CT molecular complexity index is 284. The van der Waals surface area contributed by atoms with Gasteiger partial charge in [0.2, 0.25) is 0 Å². The predicted octanol–water partition coefficient (Wildman–Crippen LogP) is 2.74. The molecule has 1 heterocycles. The van der Waals surface area contributed by atoms with Crippen molar-refractivity contribution in [3.8, 4) is 0 Å². The van der Waals surface area contributed by atoms with E-state index in [0.717, 1.165) is 25.4 Å². The van der Waals surface area contributed by atoms with Gasteiger partial charge < -0.3 is 9.73 Å². The van der Waals surface area contributed by atoms with Gasteiger partial charge in [0.15, 0.2) is 0 Å². The summed E-state index contributed by atoms with van der Waals surface area (Å²) in [5, 5.41) is 3.48. The summed E-state index contributed by atoms with van der Waals surface area (Å²) < 4.78 is 5.38. The molecule has 0 aliphatic rings. The smallest absolute Gasteiger partial charge is 0.117 e. The molecule has 0 bridgehead atoms. The van der Waals surface area contributed by atoms with Crippen molar-refractivity contribution in [2.75, 3.05) is 20.1 Å². The predicted molar refractivity (Wildman–Crippen MR) is 72.0 cm³/mol. The summed E-state index contributed by atoms with van der Waals surface area (Å²) in [6, 6.07) is 4.52. The number of nitrogens with zero attached hydrogens (tertiary/aromatic N) is 1. The first-order valence-electron chi connectivity index (χ1n) is 6.58. The van der Waals surface area contributed by atoms with E-state index >= 15 is 0 Å². The first-order valence-corrected chi connectivity index (χ1v) is 6.58. The Hall–Kier alpha value is -0.800. The molecule has 0 amide bonds. The molecule has 0 aliphatic heterocycles. The van der Waals surface area contributed by atoms with Gasteiger partial charge in [-0.1, -0.05) is 13.8 Å². The van der Waals surface area contributed by atoms with Crippen molar-refractivity contribution < 1.29 is 4.42 Å². The maximum absolute atomic E-state index is 5.38. The van der Waals surface area contributed by atoms with E-state index in [1.54, 1.807) is 6.26 Å². The Labute approximate surface area is 105 Å². The molecule has 1 rings (SSSR count). The Balaban J connectivity index is 2.32. The first-order chi connectivity index (χ1) is 8.15. The molecule has 0 aromatic carbocycles. The fourth-order valence-electron chi connectivity index (χ4n) is 1.90. The highest BCUT2D eigenvalue weighted by molar-refractivity contribution is 4.98. The number of hydrogen-bond acceptors (Lipinski definition) is 3. The average molecular weight is 238 g/mol. The molecule has 3 heteroatoms. The summed E-state index contributed by atoms with van der Waals surface area (Å²) >= 11 is 0. The minimum absolute atomic E-state index is 0.546. The zero-order chi connectivity index (χ0) is 12.7. The van der Waals surface area contributed by atoms with Crippen molar-refractivity contribution in [3.05, 3.63) is 24.2 Å². The Morgan fingerprint density at radius 3 is 2.76 bits per heavy atom. The molecule has 0 aliphatic carbocycles.